The van der Waals surface area contributed by atoms with Crippen molar-refractivity contribution in [2.45, 2.75) is 19.8 Å². The molecular weight excluding hydrogens is 140 g/mol. The van der Waals surface area contributed by atoms with Gasteiger partial charge in [-0.1, -0.05) is 13.3 Å². The van der Waals surface area contributed by atoms with Crippen molar-refractivity contribution in [3.63, 3.8) is 0 Å². The van der Waals surface area contributed by atoms with Crippen molar-refractivity contribution in [1.82, 2.24) is 5.06 Å². The van der Waals surface area contributed by atoms with Crippen molar-refractivity contribution >= 4 is 0 Å². The molecule has 0 saturated heterocycles. The molecule has 11 heavy (non-hydrogen) atoms. The average Bonchev–Trinajstić information content (AvgIpc) is 2.03. The van der Waals surface area contributed by atoms with Crippen LogP contribution in [0.4, 0.5) is 0 Å². The van der Waals surface area contributed by atoms with E-state index in [9.17, 15) is 0 Å². The van der Waals surface area contributed by atoms with Crippen LogP contribution >= 0.6 is 0 Å². The van der Waals surface area contributed by atoms with Gasteiger partial charge in [0.15, 0.2) is 0 Å². The summed E-state index contributed by atoms with van der Waals surface area (Å²) in [5.41, 5.74) is 5.58. The zero-order valence-electron chi connectivity index (χ0n) is 7.84. The number of hydroxylamine groups is 2. The van der Waals surface area contributed by atoms with E-state index in [0.29, 0.717) is 5.92 Å². The number of rotatable bonds is 6. The van der Waals surface area contributed by atoms with E-state index in [0.717, 1.165) is 13.1 Å². The fraction of sp³-hybridized carbons (Fsp3) is 1.00. The third-order valence-electron chi connectivity index (χ3n) is 1.86. The molecule has 0 rings (SSSR count). The summed E-state index contributed by atoms with van der Waals surface area (Å²) < 4.78 is 0. The first kappa shape index (κ1) is 10.9. The van der Waals surface area contributed by atoms with Crippen LogP contribution in [0.5, 0.6) is 0 Å². The van der Waals surface area contributed by atoms with Crippen LogP contribution in [0.15, 0.2) is 0 Å². The van der Waals surface area contributed by atoms with Gasteiger partial charge in [-0.2, -0.15) is 5.06 Å². The lowest BCUT2D eigenvalue weighted by molar-refractivity contribution is -0.117. The molecule has 0 aliphatic carbocycles. The predicted octanol–water partition coefficient (Wildman–Crippen LogP) is 0.855. The number of hydrogen-bond donors (Lipinski definition) is 1. The molecule has 68 valence electrons. The molecule has 0 radical (unpaired) electrons. The van der Waals surface area contributed by atoms with Crippen LogP contribution in [-0.2, 0) is 4.84 Å². The second-order valence-electron chi connectivity index (χ2n) is 2.88. The molecule has 0 aliphatic heterocycles. The molecule has 0 aliphatic rings. The first-order chi connectivity index (χ1) is 5.24. The van der Waals surface area contributed by atoms with E-state index in [-0.39, 0.29) is 0 Å². The molecule has 1 atom stereocenters. The number of nitrogens with two attached hydrogens (primary N) is 1. The second-order valence-corrected chi connectivity index (χ2v) is 2.88. The van der Waals surface area contributed by atoms with E-state index in [4.69, 9.17) is 10.6 Å². The van der Waals surface area contributed by atoms with Crippen molar-refractivity contribution in [2.24, 2.45) is 11.7 Å². The lowest BCUT2D eigenvalue weighted by Gasteiger charge is -2.20. The largest absolute Gasteiger partial charge is 0.330 e. The van der Waals surface area contributed by atoms with Crippen LogP contribution in [0.25, 0.3) is 0 Å². The van der Waals surface area contributed by atoms with Crippen LogP contribution in [0.2, 0.25) is 0 Å². The normalized spacial score (nSPS) is 13.9. The zero-order chi connectivity index (χ0) is 8.69. The molecule has 3 heteroatoms. The van der Waals surface area contributed by atoms with Crippen LogP contribution in [-0.4, -0.2) is 32.3 Å². The van der Waals surface area contributed by atoms with Gasteiger partial charge < -0.3 is 10.6 Å². The monoisotopic (exact) mass is 160 g/mol. The van der Waals surface area contributed by atoms with Gasteiger partial charge in [0.2, 0.25) is 0 Å². The second kappa shape index (κ2) is 6.58. The van der Waals surface area contributed by atoms with Crippen LogP contribution < -0.4 is 5.73 Å². The smallest absolute Gasteiger partial charge is 0.0575 e. The first-order valence-corrected chi connectivity index (χ1v) is 4.19. The summed E-state index contributed by atoms with van der Waals surface area (Å²) in [7, 11) is 3.61. The van der Waals surface area contributed by atoms with Gasteiger partial charge in [0.1, 0.15) is 0 Å². The fourth-order valence-corrected chi connectivity index (χ4v) is 1.13. The molecule has 0 amide bonds. The standard InChI is InChI=1S/C8H20N2O/c1-4-5-8(6-9)7-10(2)11-3/h8H,4-7,9H2,1-3H3. The minimum Gasteiger partial charge on any atom is -0.330 e. The van der Waals surface area contributed by atoms with Crippen molar-refractivity contribution < 1.29 is 4.84 Å². The van der Waals surface area contributed by atoms with Crippen LogP contribution in [0, 0.1) is 5.92 Å². The quantitative estimate of drug-likeness (QED) is 0.586. The van der Waals surface area contributed by atoms with Crippen LogP contribution in [0.3, 0.4) is 0 Å². The molecule has 0 bridgehead atoms. The van der Waals surface area contributed by atoms with E-state index in [1.165, 1.54) is 12.8 Å². The summed E-state index contributed by atoms with van der Waals surface area (Å²) in [6.45, 7) is 3.86. The Bertz CT molecular complexity index is 88.2. The lowest BCUT2D eigenvalue weighted by atomic mass is 10.0. The van der Waals surface area contributed by atoms with E-state index >= 15 is 0 Å². The summed E-state index contributed by atoms with van der Waals surface area (Å²) >= 11 is 0. The summed E-state index contributed by atoms with van der Waals surface area (Å²) in [6.07, 6.45) is 2.38. The molecule has 2 N–H and O–H groups in total. The van der Waals surface area contributed by atoms with Crippen LogP contribution in [0.1, 0.15) is 19.8 Å². The predicted molar refractivity (Wildman–Crippen MR) is 47.1 cm³/mol. The molecule has 0 aromatic heterocycles. The van der Waals surface area contributed by atoms with Gasteiger partial charge in [0.25, 0.3) is 0 Å². The Hall–Kier alpha value is -0.120. The Kier molecular flexibility index (Phi) is 6.51. The highest BCUT2D eigenvalue weighted by molar-refractivity contribution is 4.60. The Balaban J connectivity index is 3.49. The van der Waals surface area contributed by atoms with E-state index < -0.39 is 0 Å². The number of nitrogens with zero attached hydrogens (tertiary/aromatic N) is 1. The Morgan fingerprint density at radius 1 is 1.55 bits per heavy atom. The highest BCUT2D eigenvalue weighted by Gasteiger charge is 2.07. The third kappa shape index (κ3) is 5.18. The zero-order valence-corrected chi connectivity index (χ0v) is 7.84. The maximum Gasteiger partial charge on any atom is 0.0575 e. The fourth-order valence-electron chi connectivity index (χ4n) is 1.13. The SMILES string of the molecule is CCCC(CN)CN(C)OC. The van der Waals surface area contributed by atoms with Gasteiger partial charge in [0, 0.05) is 13.6 Å². The Labute approximate surface area is 69.5 Å². The van der Waals surface area contributed by atoms with Crippen molar-refractivity contribution in [3.05, 3.63) is 0 Å². The van der Waals surface area contributed by atoms with E-state index in [2.05, 4.69) is 6.92 Å². The molecule has 0 heterocycles. The maximum atomic E-state index is 5.58. The molecule has 0 aromatic rings. The average molecular weight is 160 g/mol. The van der Waals surface area contributed by atoms with Gasteiger partial charge in [-0.3, -0.25) is 0 Å². The summed E-state index contributed by atoms with van der Waals surface area (Å²) in [6, 6.07) is 0. The summed E-state index contributed by atoms with van der Waals surface area (Å²) in [5, 5.41) is 1.83. The Morgan fingerprint density at radius 3 is 2.55 bits per heavy atom. The lowest BCUT2D eigenvalue weighted by Crippen LogP contribution is -2.29. The first-order valence-electron chi connectivity index (χ1n) is 4.19. The van der Waals surface area contributed by atoms with Crippen molar-refractivity contribution in [3.8, 4) is 0 Å². The topological polar surface area (TPSA) is 38.5 Å². The van der Waals surface area contributed by atoms with Gasteiger partial charge in [-0.15, -0.1) is 0 Å². The minimum absolute atomic E-state index is 0.574. The van der Waals surface area contributed by atoms with E-state index in [1.807, 2.05) is 12.1 Å². The summed E-state index contributed by atoms with van der Waals surface area (Å²) in [4.78, 5) is 5.01. The van der Waals surface area contributed by atoms with Gasteiger partial charge >= 0.3 is 0 Å². The van der Waals surface area contributed by atoms with E-state index in [1.54, 1.807) is 7.11 Å². The molecule has 0 aromatic carbocycles. The highest BCUT2D eigenvalue weighted by atomic mass is 16.7. The molecule has 0 saturated carbocycles. The minimum atomic E-state index is 0.574. The van der Waals surface area contributed by atoms with Crippen molar-refractivity contribution in [1.29, 1.82) is 0 Å². The summed E-state index contributed by atoms with van der Waals surface area (Å²) in [5.74, 6) is 0.574. The highest BCUT2D eigenvalue weighted by Crippen LogP contribution is 2.05. The molecular formula is C8H20N2O. The molecule has 1 unspecified atom stereocenters. The maximum absolute atomic E-state index is 5.58. The van der Waals surface area contributed by atoms with Crippen molar-refractivity contribution in [2.75, 3.05) is 27.2 Å². The molecule has 0 fully saturated rings. The Morgan fingerprint density at radius 2 is 2.18 bits per heavy atom. The third-order valence-corrected chi connectivity index (χ3v) is 1.86. The number of hydrogen-bond acceptors (Lipinski definition) is 3. The van der Waals surface area contributed by atoms with Gasteiger partial charge in [0.05, 0.1) is 7.11 Å². The molecule has 3 nitrogen and oxygen atoms in total. The molecule has 0 spiro atoms. The van der Waals surface area contributed by atoms with Gasteiger partial charge in [-0.05, 0) is 18.9 Å². The van der Waals surface area contributed by atoms with Gasteiger partial charge in [-0.25, -0.2) is 0 Å².